The Labute approximate surface area is 181 Å². The van der Waals surface area contributed by atoms with Crippen molar-refractivity contribution in [3.63, 3.8) is 0 Å². The van der Waals surface area contributed by atoms with Gasteiger partial charge in [-0.05, 0) is 36.2 Å². The second kappa shape index (κ2) is 9.14. The fraction of sp³-hybridized carbons (Fsp3) is 0.391. The Morgan fingerprint density at radius 1 is 0.967 bits per heavy atom. The second-order valence-corrected chi connectivity index (χ2v) is 8.29. The number of likely N-dealkylation sites (tertiary alicyclic amines) is 1. The van der Waals surface area contributed by atoms with E-state index in [1.165, 1.54) is 6.07 Å². The van der Waals surface area contributed by atoms with Crippen LogP contribution in [0.2, 0.25) is 5.02 Å². The quantitative estimate of drug-likeness (QED) is 0.730. The minimum Gasteiger partial charge on any atom is -0.338 e. The van der Waals surface area contributed by atoms with Crippen molar-refractivity contribution in [2.45, 2.75) is 25.9 Å². The monoisotopic (exact) mass is 429 g/mol. The van der Waals surface area contributed by atoms with Crippen molar-refractivity contribution in [1.82, 2.24) is 14.7 Å². The van der Waals surface area contributed by atoms with Crippen molar-refractivity contribution in [1.29, 1.82) is 0 Å². The lowest BCUT2D eigenvalue weighted by Gasteiger charge is -2.35. The van der Waals surface area contributed by atoms with Crippen LogP contribution in [0.4, 0.5) is 4.39 Å². The lowest BCUT2D eigenvalue weighted by molar-refractivity contribution is -0.128. The van der Waals surface area contributed by atoms with Crippen molar-refractivity contribution >= 4 is 23.4 Å². The van der Waals surface area contributed by atoms with Gasteiger partial charge in [-0.2, -0.15) is 0 Å². The normalized spacial score (nSPS) is 17.6. The first-order chi connectivity index (χ1) is 14.5. The predicted molar refractivity (Wildman–Crippen MR) is 114 cm³/mol. The molecule has 2 amide bonds. The van der Waals surface area contributed by atoms with Gasteiger partial charge in [0.1, 0.15) is 5.82 Å². The molecule has 158 valence electrons. The molecule has 5 nitrogen and oxygen atoms in total. The van der Waals surface area contributed by atoms with Gasteiger partial charge in [-0.1, -0.05) is 29.8 Å². The highest BCUT2D eigenvalue weighted by atomic mass is 35.5. The fourth-order valence-corrected chi connectivity index (χ4v) is 4.27. The maximum absolute atomic E-state index is 14.0. The van der Waals surface area contributed by atoms with Gasteiger partial charge in [-0.25, -0.2) is 4.39 Å². The first kappa shape index (κ1) is 20.8. The molecular weight excluding hydrogens is 405 g/mol. The molecule has 30 heavy (non-hydrogen) atoms. The summed E-state index contributed by atoms with van der Waals surface area (Å²) in [5.74, 6) is -0.0937. The van der Waals surface area contributed by atoms with Crippen LogP contribution in [0.15, 0.2) is 42.5 Å². The number of rotatable bonds is 5. The molecule has 0 atom stereocenters. The standard InChI is InChI=1S/C23H25ClFN3O2/c24-20-3-1-4-21(25)19(20)16-26-11-13-27(14-12-26)23(30)18-8-6-17(7-9-18)15-28-10-2-5-22(28)29/h1,3-4,6-9H,2,5,10-16H2. The maximum atomic E-state index is 14.0. The van der Waals surface area contributed by atoms with E-state index in [0.29, 0.717) is 61.8 Å². The highest BCUT2D eigenvalue weighted by Crippen LogP contribution is 2.22. The van der Waals surface area contributed by atoms with Crippen LogP contribution in [0.25, 0.3) is 0 Å². The zero-order chi connectivity index (χ0) is 21.1. The van der Waals surface area contributed by atoms with Gasteiger partial charge in [0, 0.05) is 68.4 Å². The topological polar surface area (TPSA) is 43.9 Å². The molecule has 0 aromatic heterocycles. The fourth-order valence-electron chi connectivity index (χ4n) is 4.04. The van der Waals surface area contributed by atoms with Crippen LogP contribution in [-0.4, -0.2) is 59.2 Å². The van der Waals surface area contributed by atoms with Crippen molar-refractivity contribution in [2.24, 2.45) is 0 Å². The lowest BCUT2D eigenvalue weighted by Crippen LogP contribution is -2.48. The van der Waals surface area contributed by atoms with Crippen molar-refractivity contribution in [2.75, 3.05) is 32.7 Å². The third kappa shape index (κ3) is 4.65. The van der Waals surface area contributed by atoms with Crippen LogP contribution in [-0.2, 0) is 17.9 Å². The number of hydrogen-bond donors (Lipinski definition) is 0. The van der Waals surface area contributed by atoms with Gasteiger partial charge in [0.2, 0.25) is 5.91 Å². The van der Waals surface area contributed by atoms with E-state index in [1.54, 1.807) is 12.1 Å². The first-order valence-electron chi connectivity index (χ1n) is 10.3. The Bertz CT molecular complexity index is 906. The number of benzene rings is 2. The molecule has 2 saturated heterocycles. The number of carbonyl (C=O) groups is 2. The largest absolute Gasteiger partial charge is 0.338 e. The summed E-state index contributed by atoms with van der Waals surface area (Å²) >= 11 is 6.13. The Balaban J connectivity index is 1.31. The molecule has 2 heterocycles. The van der Waals surface area contributed by atoms with E-state index < -0.39 is 0 Å². The summed E-state index contributed by atoms with van der Waals surface area (Å²) in [6.07, 6.45) is 1.55. The number of amides is 2. The van der Waals surface area contributed by atoms with Crippen LogP contribution in [0.1, 0.15) is 34.3 Å². The molecule has 0 N–H and O–H groups in total. The van der Waals surface area contributed by atoms with Gasteiger partial charge in [0.25, 0.3) is 5.91 Å². The summed E-state index contributed by atoms with van der Waals surface area (Å²) in [4.78, 5) is 30.4. The van der Waals surface area contributed by atoms with E-state index >= 15 is 0 Å². The molecule has 0 bridgehead atoms. The average molecular weight is 430 g/mol. The molecule has 2 fully saturated rings. The zero-order valence-electron chi connectivity index (χ0n) is 16.8. The number of carbonyl (C=O) groups excluding carboxylic acids is 2. The van der Waals surface area contributed by atoms with Gasteiger partial charge in [0.05, 0.1) is 0 Å². The van der Waals surface area contributed by atoms with Gasteiger partial charge >= 0.3 is 0 Å². The molecule has 4 rings (SSSR count). The molecule has 2 aromatic rings. The molecule has 0 unspecified atom stereocenters. The third-order valence-corrected chi connectivity index (χ3v) is 6.20. The van der Waals surface area contributed by atoms with Crippen molar-refractivity contribution < 1.29 is 14.0 Å². The molecular formula is C23H25ClFN3O2. The Morgan fingerprint density at radius 3 is 2.33 bits per heavy atom. The van der Waals surface area contributed by atoms with Crippen molar-refractivity contribution in [3.05, 3.63) is 70.0 Å². The molecule has 0 radical (unpaired) electrons. The van der Waals surface area contributed by atoms with E-state index in [2.05, 4.69) is 4.90 Å². The summed E-state index contributed by atoms with van der Waals surface area (Å²) in [5, 5.41) is 0.434. The molecule has 0 saturated carbocycles. The number of nitrogens with zero attached hydrogens (tertiary/aromatic N) is 3. The van der Waals surface area contributed by atoms with E-state index in [4.69, 9.17) is 11.6 Å². The van der Waals surface area contributed by atoms with Gasteiger partial charge < -0.3 is 9.80 Å². The Morgan fingerprint density at radius 2 is 1.70 bits per heavy atom. The Kier molecular flexibility index (Phi) is 6.35. The summed E-state index contributed by atoms with van der Waals surface area (Å²) < 4.78 is 14.0. The summed E-state index contributed by atoms with van der Waals surface area (Å²) in [6.45, 7) is 4.38. The highest BCUT2D eigenvalue weighted by molar-refractivity contribution is 6.31. The molecule has 2 aromatic carbocycles. The number of hydrogen-bond acceptors (Lipinski definition) is 3. The first-order valence-corrected chi connectivity index (χ1v) is 10.7. The molecule has 2 aliphatic rings. The average Bonchev–Trinajstić information content (AvgIpc) is 3.16. The second-order valence-electron chi connectivity index (χ2n) is 7.88. The lowest BCUT2D eigenvalue weighted by atomic mass is 10.1. The van der Waals surface area contributed by atoms with E-state index in [0.717, 1.165) is 18.5 Å². The zero-order valence-corrected chi connectivity index (χ0v) is 17.6. The smallest absolute Gasteiger partial charge is 0.253 e. The number of halogens is 2. The molecule has 0 spiro atoms. The van der Waals surface area contributed by atoms with Gasteiger partial charge in [-0.15, -0.1) is 0 Å². The predicted octanol–water partition coefficient (Wildman–Crippen LogP) is 3.56. The minimum atomic E-state index is -0.295. The van der Waals surface area contributed by atoms with Crippen LogP contribution in [0, 0.1) is 5.82 Å². The van der Waals surface area contributed by atoms with Crippen LogP contribution in [0.5, 0.6) is 0 Å². The molecule has 7 heteroatoms. The van der Waals surface area contributed by atoms with Crippen LogP contribution in [0.3, 0.4) is 0 Å². The van der Waals surface area contributed by atoms with E-state index in [-0.39, 0.29) is 17.6 Å². The Hall–Kier alpha value is -2.44. The van der Waals surface area contributed by atoms with Gasteiger partial charge in [0.15, 0.2) is 0 Å². The third-order valence-electron chi connectivity index (χ3n) is 5.85. The van der Waals surface area contributed by atoms with E-state index in [9.17, 15) is 14.0 Å². The van der Waals surface area contributed by atoms with Gasteiger partial charge in [-0.3, -0.25) is 14.5 Å². The molecule has 0 aliphatic carbocycles. The summed E-state index contributed by atoms with van der Waals surface area (Å²) in [6, 6.07) is 12.2. The summed E-state index contributed by atoms with van der Waals surface area (Å²) in [7, 11) is 0. The minimum absolute atomic E-state index is 0.00220. The van der Waals surface area contributed by atoms with E-state index in [1.807, 2.05) is 34.1 Å². The number of piperazine rings is 1. The SMILES string of the molecule is O=C1CCCN1Cc1ccc(C(=O)N2CCN(Cc3c(F)cccc3Cl)CC2)cc1. The van der Waals surface area contributed by atoms with Crippen molar-refractivity contribution in [3.8, 4) is 0 Å². The van der Waals surface area contributed by atoms with Crippen LogP contribution < -0.4 is 0 Å². The maximum Gasteiger partial charge on any atom is 0.253 e. The van der Waals surface area contributed by atoms with Crippen LogP contribution >= 0.6 is 11.6 Å². The summed E-state index contributed by atoms with van der Waals surface area (Å²) in [5.41, 5.74) is 2.19. The highest BCUT2D eigenvalue weighted by Gasteiger charge is 2.24. The molecule has 2 aliphatic heterocycles.